The van der Waals surface area contributed by atoms with Crippen LogP contribution < -0.4 is 27.4 Å². The van der Waals surface area contributed by atoms with Crippen LogP contribution in [0.2, 0.25) is 0 Å². The van der Waals surface area contributed by atoms with Gasteiger partial charge < -0.3 is 32.5 Å². The molecule has 0 amide bonds. The summed E-state index contributed by atoms with van der Waals surface area (Å²) in [5.41, 5.74) is 19.4. The Bertz CT molecular complexity index is 1260. The Morgan fingerprint density at radius 2 is 1.16 bits per heavy atom. The zero-order chi connectivity index (χ0) is 27.5. The monoisotopic (exact) mass is 517 g/mol. The molecule has 4 rings (SSSR count). The van der Waals surface area contributed by atoms with Crippen molar-refractivity contribution in [1.82, 2.24) is 15.3 Å². The molecule has 0 aliphatic heterocycles. The van der Waals surface area contributed by atoms with Crippen LogP contribution in [0.3, 0.4) is 0 Å². The minimum absolute atomic E-state index is 0.741. The molecule has 202 valence electrons. The van der Waals surface area contributed by atoms with E-state index in [1.54, 1.807) is 0 Å². The quantitative estimate of drug-likeness (QED) is 0.120. The number of benzene rings is 2. The average Bonchev–Trinajstić information content (AvgIpc) is 2.83. The van der Waals surface area contributed by atoms with Crippen LogP contribution in [0, 0.1) is 13.8 Å². The number of nitrogen functional groups attached to an aromatic ring is 2. The highest BCUT2D eigenvalue weighted by Crippen LogP contribution is 2.26. The number of anilines is 4. The van der Waals surface area contributed by atoms with E-state index in [2.05, 4.69) is 38.1 Å². The van der Waals surface area contributed by atoms with Crippen LogP contribution in [0.5, 0.6) is 0 Å². The number of aryl methyl sites for hydroxylation is 2. The molecule has 9 nitrogen and oxygen atoms in total. The van der Waals surface area contributed by atoms with Gasteiger partial charge in [0.15, 0.2) is 0 Å². The molecule has 0 saturated heterocycles. The molecular formula is C29H39N7O2. The zero-order valence-corrected chi connectivity index (χ0v) is 22.5. The van der Waals surface area contributed by atoms with Crippen molar-refractivity contribution in [1.29, 1.82) is 0 Å². The van der Waals surface area contributed by atoms with Gasteiger partial charge in [-0.25, -0.2) is 0 Å². The predicted octanol–water partition coefficient (Wildman–Crippen LogP) is 4.94. The van der Waals surface area contributed by atoms with Crippen molar-refractivity contribution in [3.63, 3.8) is 0 Å². The second kappa shape index (κ2) is 14.0. The lowest BCUT2D eigenvalue weighted by Crippen LogP contribution is -2.20. The Hall–Kier alpha value is -4.11. The van der Waals surface area contributed by atoms with Crippen molar-refractivity contribution in [3.05, 3.63) is 59.9 Å². The molecule has 0 unspecified atom stereocenters. The fourth-order valence-electron chi connectivity index (χ4n) is 4.21. The van der Waals surface area contributed by atoms with Gasteiger partial charge in [-0.1, -0.05) is 0 Å². The predicted molar refractivity (Wildman–Crippen MR) is 159 cm³/mol. The fourth-order valence-corrected chi connectivity index (χ4v) is 4.21. The number of unbranched alkanes of at least 4 members (excludes halogenated alkanes) is 1. The van der Waals surface area contributed by atoms with Crippen LogP contribution in [0.1, 0.15) is 37.6 Å². The molecule has 2 aromatic heterocycles. The topological polar surface area (TPSA) is 151 Å². The van der Waals surface area contributed by atoms with E-state index < -0.39 is 5.97 Å². The Morgan fingerprint density at radius 3 is 1.66 bits per heavy atom. The molecule has 0 spiro atoms. The lowest BCUT2D eigenvalue weighted by atomic mass is 10.1. The minimum atomic E-state index is -0.833. The van der Waals surface area contributed by atoms with Gasteiger partial charge in [0, 0.05) is 64.9 Å². The summed E-state index contributed by atoms with van der Waals surface area (Å²) in [5.74, 6) is -0.833. The van der Waals surface area contributed by atoms with Gasteiger partial charge in [-0.05, 0) is 94.7 Å². The van der Waals surface area contributed by atoms with Crippen molar-refractivity contribution in [2.75, 3.05) is 48.3 Å². The summed E-state index contributed by atoms with van der Waals surface area (Å²) in [6, 6.07) is 16.0. The van der Waals surface area contributed by atoms with Crippen molar-refractivity contribution < 1.29 is 9.90 Å². The lowest BCUT2D eigenvalue weighted by Gasteiger charge is -2.12. The minimum Gasteiger partial charge on any atom is -0.481 e. The summed E-state index contributed by atoms with van der Waals surface area (Å²) in [4.78, 5) is 18.2. The first kappa shape index (κ1) is 28.5. The van der Waals surface area contributed by atoms with Gasteiger partial charge >= 0.3 is 0 Å². The number of hydrogen-bond acceptors (Lipinski definition) is 8. The summed E-state index contributed by atoms with van der Waals surface area (Å²) < 4.78 is 0. The van der Waals surface area contributed by atoms with Crippen LogP contribution in [-0.2, 0) is 4.79 Å². The highest BCUT2D eigenvalue weighted by Gasteiger charge is 2.05. The maximum Gasteiger partial charge on any atom is 0.300 e. The van der Waals surface area contributed by atoms with Crippen LogP contribution in [0.25, 0.3) is 21.8 Å². The highest BCUT2D eigenvalue weighted by molar-refractivity contribution is 5.94. The Kier molecular flexibility index (Phi) is 10.5. The lowest BCUT2D eigenvalue weighted by molar-refractivity contribution is -0.134. The van der Waals surface area contributed by atoms with Crippen molar-refractivity contribution in [3.8, 4) is 0 Å². The molecule has 0 fully saturated rings. The van der Waals surface area contributed by atoms with Gasteiger partial charge in [0.25, 0.3) is 5.97 Å². The highest BCUT2D eigenvalue weighted by atomic mass is 16.4. The second-order valence-corrected chi connectivity index (χ2v) is 9.36. The van der Waals surface area contributed by atoms with E-state index in [0.717, 1.165) is 108 Å². The number of aliphatic carboxylic acids is 1. The van der Waals surface area contributed by atoms with Crippen LogP contribution in [0.15, 0.2) is 48.5 Å². The number of carboxylic acids is 1. The average molecular weight is 518 g/mol. The number of hydrogen-bond donors (Lipinski definition) is 6. The van der Waals surface area contributed by atoms with E-state index in [1.807, 2.05) is 50.2 Å². The molecule has 2 aromatic carbocycles. The number of pyridine rings is 2. The van der Waals surface area contributed by atoms with Crippen LogP contribution in [-0.4, -0.2) is 47.2 Å². The van der Waals surface area contributed by atoms with E-state index in [1.165, 1.54) is 0 Å². The number of rotatable bonds is 11. The van der Waals surface area contributed by atoms with Crippen molar-refractivity contribution >= 4 is 50.5 Å². The summed E-state index contributed by atoms with van der Waals surface area (Å²) in [5, 5.41) is 20.3. The van der Waals surface area contributed by atoms with Crippen LogP contribution in [0.4, 0.5) is 22.7 Å². The Balaban J connectivity index is 0.000000934. The Labute approximate surface area is 224 Å². The summed E-state index contributed by atoms with van der Waals surface area (Å²) in [6.45, 7) is 8.97. The number of aromatic nitrogens is 2. The normalized spacial score (nSPS) is 10.7. The molecule has 0 aliphatic rings. The molecule has 8 N–H and O–H groups in total. The zero-order valence-electron chi connectivity index (χ0n) is 22.5. The molecule has 0 atom stereocenters. The van der Waals surface area contributed by atoms with E-state index in [4.69, 9.17) is 21.4 Å². The molecule has 2 heterocycles. The van der Waals surface area contributed by atoms with Gasteiger partial charge in [0.05, 0.1) is 11.0 Å². The standard InChI is InChI=1S/C27H35N7.C2H4O2/c1-18-14-24(22-8-6-20(28)16-26(22)33-18)31-12-4-3-10-30-11-5-13-32-25-15-19(2)34-27-17-21(29)7-9-23(25)27;1-2(3)4/h6-9,14-17,30H,3-5,10-13,28-29H2,1-2H3,(H,31,33)(H,32,34);1H3,(H,3,4). The van der Waals surface area contributed by atoms with Crippen molar-refractivity contribution in [2.45, 2.75) is 40.0 Å². The van der Waals surface area contributed by atoms with Crippen molar-refractivity contribution in [2.24, 2.45) is 0 Å². The molecule has 4 aromatic rings. The molecule has 9 heteroatoms. The molecule has 38 heavy (non-hydrogen) atoms. The maximum atomic E-state index is 9.00. The summed E-state index contributed by atoms with van der Waals surface area (Å²) in [7, 11) is 0. The number of nitrogens with one attached hydrogen (secondary N) is 3. The van der Waals surface area contributed by atoms with Gasteiger partial charge in [0.2, 0.25) is 0 Å². The van der Waals surface area contributed by atoms with Gasteiger partial charge in [-0.15, -0.1) is 0 Å². The third-order valence-corrected chi connectivity index (χ3v) is 5.87. The largest absolute Gasteiger partial charge is 0.481 e. The molecule has 0 saturated carbocycles. The third-order valence-electron chi connectivity index (χ3n) is 5.87. The number of carboxylic acid groups (broad SMARTS) is 1. The maximum absolute atomic E-state index is 9.00. The third kappa shape index (κ3) is 8.77. The smallest absolute Gasteiger partial charge is 0.300 e. The summed E-state index contributed by atoms with van der Waals surface area (Å²) >= 11 is 0. The first-order valence-corrected chi connectivity index (χ1v) is 12.9. The van der Waals surface area contributed by atoms with Gasteiger partial charge in [-0.2, -0.15) is 0 Å². The van der Waals surface area contributed by atoms with E-state index in [-0.39, 0.29) is 0 Å². The second-order valence-electron chi connectivity index (χ2n) is 9.36. The number of nitrogens with zero attached hydrogens (tertiary/aromatic N) is 2. The Morgan fingerprint density at radius 1 is 0.737 bits per heavy atom. The van der Waals surface area contributed by atoms with E-state index >= 15 is 0 Å². The van der Waals surface area contributed by atoms with E-state index in [9.17, 15) is 0 Å². The van der Waals surface area contributed by atoms with Gasteiger partial charge in [-0.3, -0.25) is 14.8 Å². The number of nitrogens with two attached hydrogens (primary N) is 2. The van der Waals surface area contributed by atoms with Gasteiger partial charge in [0.1, 0.15) is 0 Å². The van der Waals surface area contributed by atoms with Crippen LogP contribution >= 0.6 is 0 Å². The number of carbonyl (C=O) groups is 1. The SMILES string of the molecule is CC(=O)O.Cc1cc(NCCCCNCCCNc2cc(C)nc3cc(N)ccc23)c2ccc(N)cc2n1. The first-order chi connectivity index (χ1) is 18.2. The van der Waals surface area contributed by atoms with E-state index in [0.29, 0.717) is 0 Å². The molecule has 0 aliphatic carbocycles. The molecular weight excluding hydrogens is 478 g/mol. The molecule has 0 radical (unpaired) electrons. The number of fused-ring (bicyclic) bond motifs is 2. The molecule has 0 bridgehead atoms. The summed E-state index contributed by atoms with van der Waals surface area (Å²) in [6.07, 6.45) is 3.29. The fraction of sp³-hybridized carbons (Fsp3) is 0.345. The first-order valence-electron chi connectivity index (χ1n) is 12.9.